The molecule has 114 valence electrons. The second-order valence-corrected chi connectivity index (χ2v) is 7.03. The summed E-state index contributed by atoms with van der Waals surface area (Å²) >= 11 is 1.63. The molecule has 2 fully saturated rings. The third kappa shape index (κ3) is 2.84. The lowest BCUT2D eigenvalue weighted by Crippen LogP contribution is -2.65. The summed E-state index contributed by atoms with van der Waals surface area (Å²) in [6, 6.07) is 1.40. The Morgan fingerprint density at radius 1 is 1.43 bits per heavy atom. The third-order valence-electron chi connectivity index (χ3n) is 4.66. The highest BCUT2D eigenvalue weighted by Crippen LogP contribution is 2.36. The molecule has 1 saturated heterocycles. The maximum absolute atomic E-state index is 12.8. The normalized spacial score (nSPS) is 27.6. The van der Waals surface area contributed by atoms with Gasteiger partial charge in [-0.25, -0.2) is 0 Å². The van der Waals surface area contributed by atoms with E-state index in [1.165, 1.54) is 0 Å². The molecular weight excluding hydrogens is 284 g/mol. The summed E-state index contributed by atoms with van der Waals surface area (Å²) in [5.41, 5.74) is 1.12. The van der Waals surface area contributed by atoms with Gasteiger partial charge in [-0.2, -0.15) is 11.3 Å². The first-order chi connectivity index (χ1) is 10.1. The molecule has 1 aliphatic carbocycles. The number of nitrogens with zero attached hydrogens (tertiary/aromatic N) is 1. The molecular formula is C16H22N2O2S. The van der Waals surface area contributed by atoms with E-state index in [1.54, 1.807) is 11.3 Å². The molecule has 3 unspecified atom stereocenters. The summed E-state index contributed by atoms with van der Waals surface area (Å²) in [5, 5.41) is 7.04. The van der Waals surface area contributed by atoms with Crippen LogP contribution >= 0.6 is 11.3 Å². The molecule has 0 aromatic carbocycles. The summed E-state index contributed by atoms with van der Waals surface area (Å²) in [6.45, 7) is 4.67. The van der Waals surface area contributed by atoms with E-state index in [4.69, 9.17) is 0 Å². The number of hydrogen-bond acceptors (Lipinski definition) is 3. The number of hydrogen-bond donors (Lipinski definition) is 1. The van der Waals surface area contributed by atoms with Crippen LogP contribution in [-0.2, 0) is 16.1 Å². The van der Waals surface area contributed by atoms with Crippen LogP contribution in [0.3, 0.4) is 0 Å². The van der Waals surface area contributed by atoms with Crippen molar-refractivity contribution in [2.75, 3.05) is 0 Å². The smallest absolute Gasteiger partial charge is 0.246 e. The molecule has 1 N–H and O–H groups in total. The van der Waals surface area contributed by atoms with E-state index in [1.807, 2.05) is 16.3 Å². The summed E-state index contributed by atoms with van der Waals surface area (Å²) in [5.74, 6) is 0.654. The number of carbonyl (C=O) groups excluding carboxylic acids is 2. The predicted octanol–water partition coefficient (Wildman–Crippen LogP) is 2.40. The lowest BCUT2D eigenvalue weighted by Gasteiger charge is -2.41. The van der Waals surface area contributed by atoms with Crippen molar-refractivity contribution >= 4 is 23.2 Å². The molecule has 0 spiro atoms. The van der Waals surface area contributed by atoms with Crippen molar-refractivity contribution in [1.82, 2.24) is 10.2 Å². The fourth-order valence-electron chi connectivity index (χ4n) is 3.05. The van der Waals surface area contributed by atoms with Gasteiger partial charge >= 0.3 is 0 Å². The lowest BCUT2D eigenvalue weighted by atomic mass is 9.92. The van der Waals surface area contributed by atoms with Crippen molar-refractivity contribution in [3.63, 3.8) is 0 Å². The SMILES string of the molecule is CCC(C)C1C(=O)NC(C2CC2)C(=O)N1Cc1ccsc1. The van der Waals surface area contributed by atoms with E-state index < -0.39 is 0 Å². The van der Waals surface area contributed by atoms with Gasteiger partial charge in [-0.1, -0.05) is 20.3 Å². The van der Waals surface area contributed by atoms with Crippen LogP contribution in [0.25, 0.3) is 0 Å². The summed E-state index contributed by atoms with van der Waals surface area (Å²) < 4.78 is 0. The van der Waals surface area contributed by atoms with Crippen LogP contribution in [0.1, 0.15) is 38.7 Å². The van der Waals surface area contributed by atoms with Gasteiger partial charge in [0.1, 0.15) is 12.1 Å². The Morgan fingerprint density at radius 3 is 2.76 bits per heavy atom. The van der Waals surface area contributed by atoms with E-state index in [-0.39, 0.29) is 29.8 Å². The van der Waals surface area contributed by atoms with Gasteiger partial charge in [-0.15, -0.1) is 0 Å². The molecule has 5 heteroatoms. The van der Waals surface area contributed by atoms with Crippen LogP contribution in [0, 0.1) is 11.8 Å². The quantitative estimate of drug-likeness (QED) is 0.908. The zero-order valence-corrected chi connectivity index (χ0v) is 13.4. The number of amides is 2. The lowest BCUT2D eigenvalue weighted by molar-refractivity contribution is -0.152. The molecule has 0 bridgehead atoms. The summed E-state index contributed by atoms with van der Waals surface area (Å²) in [6.07, 6.45) is 2.99. The average Bonchev–Trinajstić information content (AvgIpc) is 3.19. The highest BCUT2D eigenvalue weighted by molar-refractivity contribution is 7.07. The Hall–Kier alpha value is -1.36. The molecule has 21 heavy (non-hydrogen) atoms. The average molecular weight is 306 g/mol. The first-order valence-electron chi connectivity index (χ1n) is 7.73. The van der Waals surface area contributed by atoms with Gasteiger partial charge in [-0.05, 0) is 47.1 Å². The number of nitrogens with one attached hydrogen (secondary N) is 1. The van der Waals surface area contributed by atoms with Crippen molar-refractivity contribution in [3.8, 4) is 0 Å². The van der Waals surface area contributed by atoms with Gasteiger partial charge in [0, 0.05) is 6.54 Å². The van der Waals surface area contributed by atoms with E-state index >= 15 is 0 Å². The highest BCUT2D eigenvalue weighted by atomic mass is 32.1. The molecule has 2 aliphatic rings. The molecule has 2 amide bonds. The predicted molar refractivity (Wildman–Crippen MR) is 82.8 cm³/mol. The Morgan fingerprint density at radius 2 is 2.19 bits per heavy atom. The van der Waals surface area contributed by atoms with Crippen LogP contribution in [0.4, 0.5) is 0 Å². The number of thiophene rings is 1. The molecule has 3 atom stereocenters. The monoisotopic (exact) mass is 306 g/mol. The van der Waals surface area contributed by atoms with E-state index in [0.29, 0.717) is 12.5 Å². The second kappa shape index (κ2) is 5.79. The van der Waals surface area contributed by atoms with E-state index in [2.05, 4.69) is 24.5 Å². The minimum Gasteiger partial charge on any atom is -0.342 e. The highest BCUT2D eigenvalue weighted by Gasteiger charge is 2.47. The topological polar surface area (TPSA) is 49.4 Å². The molecule has 4 nitrogen and oxygen atoms in total. The number of rotatable bonds is 5. The van der Waals surface area contributed by atoms with Gasteiger partial charge in [0.2, 0.25) is 11.8 Å². The molecule has 1 aliphatic heterocycles. The van der Waals surface area contributed by atoms with Crippen LogP contribution < -0.4 is 5.32 Å². The molecule has 1 aromatic heterocycles. The van der Waals surface area contributed by atoms with Crippen LogP contribution in [0.2, 0.25) is 0 Å². The van der Waals surface area contributed by atoms with Crippen molar-refractivity contribution in [2.24, 2.45) is 11.8 Å². The van der Waals surface area contributed by atoms with Gasteiger partial charge in [-0.3, -0.25) is 9.59 Å². The van der Waals surface area contributed by atoms with Crippen molar-refractivity contribution in [2.45, 2.75) is 51.7 Å². The molecule has 3 rings (SSSR count). The molecule has 0 radical (unpaired) electrons. The van der Waals surface area contributed by atoms with Crippen LogP contribution in [0.15, 0.2) is 16.8 Å². The standard InChI is InChI=1S/C16H22N2O2S/c1-3-10(2)14-15(19)17-13(12-4-5-12)16(20)18(14)8-11-6-7-21-9-11/h6-7,9-10,12-14H,3-5,8H2,1-2H3,(H,17,19). The first kappa shape index (κ1) is 14.6. The zero-order valence-electron chi connectivity index (χ0n) is 12.5. The van der Waals surface area contributed by atoms with E-state index in [0.717, 1.165) is 24.8 Å². The van der Waals surface area contributed by atoms with Gasteiger partial charge in [0.15, 0.2) is 0 Å². The minimum atomic E-state index is -0.336. The zero-order chi connectivity index (χ0) is 15.0. The second-order valence-electron chi connectivity index (χ2n) is 6.25. The van der Waals surface area contributed by atoms with Crippen LogP contribution in [0.5, 0.6) is 0 Å². The molecule has 1 aromatic rings. The number of piperazine rings is 1. The Kier molecular flexibility index (Phi) is 4.02. The first-order valence-corrected chi connectivity index (χ1v) is 8.68. The fourth-order valence-corrected chi connectivity index (χ4v) is 3.71. The summed E-state index contributed by atoms with van der Waals surface area (Å²) in [7, 11) is 0. The van der Waals surface area contributed by atoms with Crippen molar-refractivity contribution in [3.05, 3.63) is 22.4 Å². The largest absolute Gasteiger partial charge is 0.342 e. The maximum Gasteiger partial charge on any atom is 0.246 e. The fraction of sp³-hybridized carbons (Fsp3) is 0.625. The third-order valence-corrected chi connectivity index (χ3v) is 5.39. The van der Waals surface area contributed by atoms with Crippen molar-refractivity contribution in [1.29, 1.82) is 0 Å². The maximum atomic E-state index is 12.8. The Balaban J connectivity index is 1.86. The van der Waals surface area contributed by atoms with E-state index in [9.17, 15) is 9.59 Å². The number of carbonyl (C=O) groups is 2. The van der Waals surface area contributed by atoms with Gasteiger partial charge in [0.05, 0.1) is 0 Å². The van der Waals surface area contributed by atoms with Gasteiger partial charge in [0.25, 0.3) is 0 Å². The Labute approximate surface area is 129 Å². The molecule has 1 saturated carbocycles. The van der Waals surface area contributed by atoms with Gasteiger partial charge < -0.3 is 10.2 Å². The molecule has 2 heterocycles. The van der Waals surface area contributed by atoms with Crippen molar-refractivity contribution < 1.29 is 9.59 Å². The minimum absolute atomic E-state index is 0.0241. The van der Waals surface area contributed by atoms with Crippen LogP contribution in [-0.4, -0.2) is 28.8 Å². The Bertz CT molecular complexity index is 524. The summed E-state index contributed by atoms with van der Waals surface area (Å²) in [4.78, 5) is 27.2.